The average molecular weight is 362 g/mol. The topological polar surface area (TPSA) is 84.8 Å². The van der Waals surface area contributed by atoms with Gasteiger partial charge >= 0.3 is 0 Å². The molecule has 4 rings (SSSR count). The van der Waals surface area contributed by atoms with Crippen molar-refractivity contribution in [3.8, 4) is 0 Å². The molecule has 1 aliphatic carbocycles. The largest absolute Gasteiger partial charge is 0.310 e. The fraction of sp³-hybridized carbons (Fsp3) is 0.333. The molecule has 0 atom stereocenters. The molecule has 0 bridgehead atoms. The molecular formula is C21H22N4O2. The van der Waals surface area contributed by atoms with Crippen molar-refractivity contribution in [2.24, 2.45) is 0 Å². The Bertz CT molecular complexity index is 1040. The molecule has 2 aromatic carbocycles. The lowest BCUT2D eigenvalue weighted by atomic mass is 9.88. The third kappa shape index (κ3) is 3.47. The van der Waals surface area contributed by atoms with Crippen LogP contribution in [-0.2, 0) is 6.54 Å². The van der Waals surface area contributed by atoms with E-state index in [0.717, 1.165) is 24.2 Å². The number of non-ortho nitro benzene ring substituents is 1. The van der Waals surface area contributed by atoms with Gasteiger partial charge in [-0.25, -0.2) is 4.98 Å². The van der Waals surface area contributed by atoms with E-state index in [2.05, 4.69) is 0 Å². The van der Waals surface area contributed by atoms with Gasteiger partial charge in [0.1, 0.15) is 11.3 Å². The van der Waals surface area contributed by atoms with Crippen molar-refractivity contribution in [2.45, 2.75) is 44.6 Å². The first-order valence-corrected chi connectivity index (χ1v) is 9.41. The van der Waals surface area contributed by atoms with Crippen molar-refractivity contribution in [2.75, 3.05) is 0 Å². The Labute approximate surface area is 157 Å². The fourth-order valence-corrected chi connectivity index (χ4v) is 3.97. The first kappa shape index (κ1) is 17.4. The van der Waals surface area contributed by atoms with Gasteiger partial charge in [-0.2, -0.15) is 0 Å². The number of rotatable bonds is 4. The van der Waals surface area contributed by atoms with E-state index in [0.29, 0.717) is 28.9 Å². The monoisotopic (exact) mass is 362 g/mol. The number of hydrogen-bond donors (Lipinski definition) is 1. The maximum atomic E-state index is 11.2. The van der Waals surface area contributed by atoms with Crippen molar-refractivity contribution < 1.29 is 4.92 Å². The van der Waals surface area contributed by atoms with E-state index in [-0.39, 0.29) is 5.69 Å². The SMILES string of the molecule is N=c1c2cc([N+](=O)[O-])ccc2nc(C2CCCCC2)n1Cc1ccccc1. The van der Waals surface area contributed by atoms with Gasteiger partial charge in [-0.3, -0.25) is 15.5 Å². The maximum absolute atomic E-state index is 11.2. The number of benzene rings is 2. The highest BCUT2D eigenvalue weighted by atomic mass is 16.6. The quantitative estimate of drug-likeness (QED) is 0.547. The summed E-state index contributed by atoms with van der Waals surface area (Å²) in [6.07, 6.45) is 5.79. The molecule has 1 N–H and O–H groups in total. The van der Waals surface area contributed by atoms with Crippen molar-refractivity contribution >= 4 is 16.6 Å². The minimum absolute atomic E-state index is 0.00511. The van der Waals surface area contributed by atoms with Crippen LogP contribution in [-0.4, -0.2) is 14.5 Å². The summed E-state index contributed by atoms with van der Waals surface area (Å²) < 4.78 is 1.94. The summed E-state index contributed by atoms with van der Waals surface area (Å²) in [6, 6.07) is 14.6. The minimum Gasteiger partial charge on any atom is -0.310 e. The van der Waals surface area contributed by atoms with Crippen LogP contribution in [0.25, 0.3) is 10.9 Å². The third-order valence-corrected chi connectivity index (χ3v) is 5.38. The van der Waals surface area contributed by atoms with Gasteiger partial charge in [-0.1, -0.05) is 49.6 Å². The molecule has 1 fully saturated rings. The predicted molar refractivity (Wildman–Crippen MR) is 104 cm³/mol. The molecule has 6 heteroatoms. The van der Waals surface area contributed by atoms with Gasteiger partial charge in [0.05, 0.1) is 17.0 Å². The maximum Gasteiger partial charge on any atom is 0.270 e. The molecule has 3 aromatic rings. The summed E-state index contributed by atoms with van der Waals surface area (Å²) >= 11 is 0. The summed E-state index contributed by atoms with van der Waals surface area (Å²) in [5.74, 6) is 1.27. The van der Waals surface area contributed by atoms with Crippen LogP contribution >= 0.6 is 0 Å². The third-order valence-electron chi connectivity index (χ3n) is 5.38. The van der Waals surface area contributed by atoms with Gasteiger partial charge in [0.15, 0.2) is 0 Å². The van der Waals surface area contributed by atoms with E-state index < -0.39 is 4.92 Å². The number of nitro benzene ring substituents is 1. The van der Waals surface area contributed by atoms with Crippen LogP contribution in [0.2, 0.25) is 0 Å². The molecule has 0 spiro atoms. The molecule has 1 aliphatic rings. The summed E-state index contributed by atoms with van der Waals surface area (Å²) in [7, 11) is 0. The van der Waals surface area contributed by atoms with Crippen LogP contribution in [0.3, 0.4) is 0 Å². The van der Waals surface area contributed by atoms with E-state index in [1.807, 2.05) is 34.9 Å². The van der Waals surface area contributed by atoms with Gasteiger partial charge in [-0.05, 0) is 24.5 Å². The molecule has 1 heterocycles. The minimum atomic E-state index is -0.421. The Hall–Kier alpha value is -3.02. The molecular weight excluding hydrogens is 340 g/mol. The second-order valence-corrected chi connectivity index (χ2v) is 7.18. The predicted octanol–water partition coefficient (Wildman–Crippen LogP) is 4.52. The number of hydrogen-bond acceptors (Lipinski definition) is 4. The number of nitrogens with zero attached hydrogens (tertiary/aromatic N) is 3. The molecule has 0 amide bonds. The molecule has 1 saturated carbocycles. The second kappa shape index (κ2) is 7.31. The smallest absolute Gasteiger partial charge is 0.270 e. The standard InChI is InChI=1S/C21H22N4O2/c22-20-18-13-17(25(26)27)11-12-19(18)23-21(16-9-5-2-6-10-16)24(20)14-15-7-3-1-4-8-15/h1,3-4,7-8,11-13,16,22H,2,5-6,9-10,14H2. The van der Waals surface area contributed by atoms with Crippen LogP contribution in [0.15, 0.2) is 48.5 Å². The summed E-state index contributed by atoms with van der Waals surface area (Å²) in [5, 5.41) is 20.5. The van der Waals surface area contributed by atoms with Gasteiger partial charge in [0.25, 0.3) is 5.69 Å². The van der Waals surface area contributed by atoms with Gasteiger partial charge < -0.3 is 4.57 Å². The molecule has 0 radical (unpaired) electrons. The highest BCUT2D eigenvalue weighted by molar-refractivity contribution is 5.80. The zero-order valence-corrected chi connectivity index (χ0v) is 15.1. The Morgan fingerprint density at radius 1 is 1.11 bits per heavy atom. The normalized spacial score (nSPS) is 15.1. The zero-order chi connectivity index (χ0) is 18.8. The molecule has 27 heavy (non-hydrogen) atoms. The number of nitro groups is 1. The summed E-state index contributed by atoms with van der Waals surface area (Å²) in [5.41, 5.74) is 2.05. The zero-order valence-electron chi connectivity index (χ0n) is 15.1. The van der Waals surface area contributed by atoms with Crippen LogP contribution in [0.1, 0.15) is 49.4 Å². The highest BCUT2D eigenvalue weighted by Gasteiger charge is 2.22. The second-order valence-electron chi connectivity index (χ2n) is 7.18. The van der Waals surface area contributed by atoms with Gasteiger partial charge in [0, 0.05) is 23.4 Å². The Kier molecular flexibility index (Phi) is 4.71. The molecule has 1 aromatic heterocycles. The van der Waals surface area contributed by atoms with Crippen LogP contribution in [0.5, 0.6) is 0 Å². The Morgan fingerprint density at radius 3 is 2.56 bits per heavy atom. The molecule has 6 nitrogen and oxygen atoms in total. The van der Waals surface area contributed by atoms with Gasteiger partial charge in [-0.15, -0.1) is 0 Å². The van der Waals surface area contributed by atoms with Crippen LogP contribution in [0, 0.1) is 15.5 Å². The van der Waals surface area contributed by atoms with Crippen LogP contribution in [0.4, 0.5) is 5.69 Å². The molecule has 138 valence electrons. The van der Waals surface area contributed by atoms with Crippen molar-refractivity contribution in [1.29, 1.82) is 5.41 Å². The first-order chi connectivity index (χ1) is 13.1. The van der Waals surface area contributed by atoms with E-state index in [1.54, 1.807) is 6.07 Å². The van der Waals surface area contributed by atoms with Gasteiger partial charge in [0.2, 0.25) is 0 Å². The summed E-state index contributed by atoms with van der Waals surface area (Å²) in [4.78, 5) is 15.6. The fourth-order valence-electron chi connectivity index (χ4n) is 3.97. The summed E-state index contributed by atoms with van der Waals surface area (Å²) in [6.45, 7) is 0.553. The molecule has 0 saturated heterocycles. The van der Waals surface area contributed by atoms with Crippen LogP contribution < -0.4 is 5.49 Å². The lowest BCUT2D eigenvalue weighted by Gasteiger charge is -2.25. The number of nitrogens with one attached hydrogen (secondary N) is 1. The lowest BCUT2D eigenvalue weighted by molar-refractivity contribution is -0.384. The van der Waals surface area contributed by atoms with E-state index in [9.17, 15) is 10.1 Å². The van der Waals surface area contributed by atoms with E-state index >= 15 is 0 Å². The molecule has 0 aliphatic heterocycles. The highest BCUT2D eigenvalue weighted by Crippen LogP contribution is 2.32. The Morgan fingerprint density at radius 2 is 1.85 bits per heavy atom. The molecule has 0 unspecified atom stereocenters. The lowest BCUT2D eigenvalue weighted by Crippen LogP contribution is -2.28. The average Bonchev–Trinajstić information content (AvgIpc) is 2.71. The van der Waals surface area contributed by atoms with Crippen molar-refractivity contribution in [3.05, 3.63) is 75.5 Å². The van der Waals surface area contributed by atoms with Crippen molar-refractivity contribution in [3.63, 3.8) is 0 Å². The first-order valence-electron chi connectivity index (χ1n) is 9.41. The number of aromatic nitrogens is 2. The van der Waals surface area contributed by atoms with E-state index in [4.69, 9.17) is 10.4 Å². The van der Waals surface area contributed by atoms with E-state index in [1.165, 1.54) is 31.4 Å². The number of fused-ring (bicyclic) bond motifs is 1. The van der Waals surface area contributed by atoms with Crippen molar-refractivity contribution in [1.82, 2.24) is 9.55 Å². The Balaban J connectivity index is 1.90.